The Morgan fingerprint density at radius 1 is 1.62 bits per heavy atom. The Kier molecular flexibility index (Phi) is 8.13. The number of hydrogen-bond donors (Lipinski definition) is 2. The highest BCUT2D eigenvalue weighted by Crippen LogP contribution is 2.01. The van der Waals surface area contributed by atoms with E-state index in [2.05, 4.69) is 21.1 Å². The molecular weight excluding hydrogens is 148 g/mol. The smallest absolute Gasteiger partial charge is 0.194 e. The molecule has 0 saturated carbocycles. The molecule has 0 bridgehead atoms. The van der Waals surface area contributed by atoms with Crippen LogP contribution in [0.25, 0.3) is 0 Å². The van der Waals surface area contributed by atoms with Crippen LogP contribution in [0.4, 0.5) is 0 Å². The van der Waals surface area contributed by atoms with Crippen molar-refractivity contribution in [2.45, 2.75) is 6.42 Å². The highest BCUT2D eigenvalue weighted by Gasteiger charge is 1.85. The quantitative estimate of drug-likeness (QED) is 0.207. The van der Waals surface area contributed by atoms with E-state index in [0.29, 0.717) is 18.9 Å². The molecule has 0 fully saturated rings. The molecule has 0 aliphatic rings. The van der Waals surface area contributed by atoms with E-state index in [9.17, 15) is 0 Å². The van der Waals surface area contributed by atoms with E-state index in [1.165, 1.54) is 0 Å². The Morgan fingerprint density at radius 2 is 2.38 bits per heavy atom. The summed E-state index contributed by atoms with van der Waals surface area (Å²) < 4.78 is 8.18. The van der Waals surface area contributed by atoms with Crippen molar-refractivity contribution in [1.29, 1.82) is 0 Å². The van der Waals surface area contributed by atoms with Gasteiger partial charge in [-0.25, -0.2) is 5.26 Å². The minimum Gasteiger partial charge on any atom is -0.289 e. The van der Waals surface area contributed by atoms with Gasteiger partial charge in [0.2, 0.25) is 0 Å². The fourth-order valence-corrected chi connectivity index (χ4v) is 0.537. The lowest BCUT2D eigenvalue weighted by molar-refractivity contribution is -0.124. The van der Waals surface area contributed by atoms with Gasteiger partial charge in [-0.05, 0) is 12.2 Å². The van der Waals surface area contributed by atoms with Gasteiger partial charge >= 0.3 is 0 Å². The minimum absolute atomic E-state index is 0.550. The third-order valence-electron chi connectivity index (χ3n) is 0.464. The Hall–Kier alpha value is 0.580. The topological polar surface area (TPSA) is 38.7 Å². The zero-order valence-electron chi connectivity index (χ0n) is 4.24. The molecule has 0 aliphatic heterocycles. The molecule has 0 aromatic heterocycles. The Labute approximate surface area is 58.1 Å². The molecule has 1 N–H and O–H groups in total. The summed E-state index contributed by atoms with van der Waals surface area (Å²) in [5.74, 6) is 0.784. The van der Waals surface area contributed by atoms with E-state index in [1.54, 1.807) is 0 Å². The molecule has 3 nitrogen and oxygen atoms in total. The van der Waals surface area contributed by atoms with E-state index in [0.717, 1.165) is 12.2 Å². The van der Waals surface area contributed by atoms with E-state index < -0.39 is 0 Å². The van der Waals surface area contributed by atoms with Crippen LogP contribution in [0.3, 0.4) is 0 Å². The molecule has 0 rings (SSSR count). The molecule has 0 amide bonds. The molecule has 0 atom stereocenters. The minimum atomic E-state index is 0.550. The van der Waals surface area contributed by atoms with Crippen LogP contribution in [0.5, 0.6) is 0 Å². The molecule has 0 spiro atoms. The van der Waals surface area contributed by atoms with Crippen molar-refractivity contribution in [2.24, 2.45) is 0 Å². The second kappa shape index (κ2) is 7.58. The van der Waals surface area contributed by atoms with Gasteiger partial charge in [-0.2, -0.15) is 12.6 Å². The maximum absolute atomic E-state index is 7.68. The monoisotopic (exact) mass is 156 g/mol. The van der Waals surface area contributed by atoms with Crippen molar-refractivity contribution in [1.82, 2.24) is 0 Å². The molecule has 0 heterocycles. The van der Waals surface area contributed by atoms with Crippen molar-refractivity contribution < 1.29 is 13.8 Å². The SMILES string of the molecule is OOSOCCCS. The third kappa shape index (κ3) is 6.58. The second-order valence-corrected chi connectivity index (χ2v) is 2.01. The number of hydrogen-bond acceptors (Lipinski definition) is 5. The van der Waals surface area contributed by atoms with Crippen molar-refractivity contribution in [3.05, 3.63) is 0 Å². The summed E-state index contributed by atoms with van der Waals surface area (Å²) >= 11 is 4.50. The normalized spacial score (nSPS) is 9.75. The first-order chi connectivity index (χ1) is 3.91. The largest absolute Gasteiger partial charge is 0.289 e. The summed E-state index contributed by atoms with van der Waals surface area (Å²) in [6, 6.07) is 0. The summed E-state index contributed by atoms with van der Waals surface area (Å²) in [6.07, 6.45) is 0.861. The average molecular weight is 156 g/mol. The molecule has 50 valence electrons. The summed E-state index contributed by atoms with van der Waals surface area (Å²) in [4.78, 5) is 0. The summed E-state index contributed by atoms with van der Waals surface area (Å²) in [6.45, 7) is 0.550. The zero-order chi connectivity index (χ0) is 6.24. The van der Waals surface area contributed by atoms with Crippen LogP contribution >= 0.6 is 25.0 Å². The van der Waals surface area contributed by atoms with Crippen LogP contribution in [0.15, 0.2) is 0 Å². The number of rotatable bonds is 5. The van der Waals surface area contributed by atoms with Gasteiger partial charge in [-0.15, -0.1) is 4.33 Å². The van der Waals surface area contributed by atoms with Crippen LogP contribution in [0.1, 0.15) is 6.42 Å². The van der Waals surface area contributed by atoms with Crippen LogP contribution in [-0.2, 0) is 8.52 Å². The van der Waals surface area contributed by atoms with Gasteiger partial charge in [-0.1, -0.05) is 0 Å². The lowest BCUT2D eigenvalue weighted by Gasteiger charge is -1.93. The van der Waals surface area contributed by atoms with E-state index in [1.807, 2.05) is 0 Å². The van der Waals surface area contributed by atoms with Gasteiger partial charge in [0.15, 0.2) is 12.3 Å². The lowest BCUT2D eigenvalue weighted by atomic mass is 10.5. The first-order valence-electron chi connectivity index (χ1n) is 2.12. The van der Waals surface area contributed by atoms with Gasteiger partial charge in [0, 0.05) is 0 Å². The highest BCUT2D eigenvalue weighted by atomic mass is 32.2. The summed E-state index contributed by atoms with van der Waals surface area (Å²) in [7, 11) is 0. The zero-order valence-corrected chi connectivity index (χ0v) is 5.95. The predicted molar refractivity (Wildman–Crippen MR) is 35.7 cm³/mol. The molecule has 8 heavy (non-hydrogen) atoms. The molecular formula is C3H8O3S2. The fraction of sp³-hybridized carbons (Fsp3) is 1.00. The van der Waals surface area contributed by atoms with Crippen LogP contribution in [0.2, 0.25) is 0 Å². The molecule has 0 radical (unpaired) electrons. The van der Waals surface area contributed by atoms with Gasteiger partial charge in [0.05, 0.1) is 6.61 Å². The highest BCUT2D eigenvalue weighted by molar-refractivity contribution is 7.89. The summed E-state index contributed by atoms with van der Waals surface area (Å²) in [5, 5.41) is 7.68. The average Bonchev–Trinajstić information content (AvgIpc) is 1.81. The summed E-state index contributed by atoms with van der Waals surface area (Å²) in [5.41, 5.74) is 0. The Bertz CT molecular complexity index is 37.5. The van der Waals surface area contributed by atoms with Gasteiger partial charge in [-0.3, -0.25) is 4.18 Å². The lowest BCUT2D eigenvalue weighted by Crippen LogP contribution is -1.86. The van der Waals surface area contributed by atoms with E-state index >= 15 is 0 Å². The third-order valence-corrected chi connectivity index (χ3v) is 1.10. The maximum atomic E-state index is 7.68. The first-order valence-corrected chi connectivity index (χ1v) is 3.42. The molecule has 0 aromatic rings. The van der Waals surface area contributed by atoms with Crippen molar-refractivity contribution in [3.63, 3.8) is 0 Å². The van der Waals surface area contributed by atoms with Gasteiger partial charge < -0.3 is 0 Å². The van der Waals surface area contributed by atoms with Crippen molar-refractivity contribution >= 4 is 25.0 Å². The Morgan fingerprint density at radius 3 is 2.88 bits per heavy atom. The molecule has 5 heteroatoms. The molecule has 0 saturated heterocycles. The number of thiol groups is 1. The first kappa shape index (κ1) is 8.58. The standard InChI is InChI=1S/C3H8O3S2/c4-6-8-5-2-1-3-7/h4,7H,1-3H2. The second-order valence-electron chi connectivity index (χ2n) is 1.04. The van der Waals surface area contributed by atoms with Crippen molar-refractivity contribution in [3.8, 4) is 0 Å². The molecule has 0 unspecified atom stereocenters. The fourth-order valence-electron chi connectivity index (χ4n) is 0.179. The van der Waals surface area contributed by atoms with Crippen molar-refractivity contribution in [2.75, 3.05) is 12.4 Å². The van der Waals surface area contributed by atoms with Crippen LogP contribution < -0.4 is 0 Å². The van der Waals surface area contributed by atoms with E-state index in [-0.39, 0.29) is 0 Å². The maximum Gasteiger partial charge on any atom is 0.194 e. The predicted octanol–water partition coefficient (Wildman–Crippen LogP) is 1.38. The Balaban J connectivity index is 2.53. The van der Waals surface area contributed by atoms with Gasteiger partial charge in [0.1, 0.15) is 0 Å². The van der Waals surface area contributed by atoms with Crippen LogP contribution in [-0.4, -0.2) is 17.6 Å². The molecule has 0 aliphatic carbocycles. The van der Waals surface area contributed by atoms with Crippen LogP contribution in [0, 0.1) is 0 Å². The van der Waals surface area contributed by atoms with Gasteiger partial charge in [0.25, 0.3) is 0 Å². The molecule has 0 aromatic carbocycles. The van der Waals surface area contributed by atoms with E-state index in [4.69, 9.17) is 5.26 Å².